The molecule has 4 unspecified atom stereocenters. The Bertz CT molecular complexity index is 853. The van der Waals surface area contributed by atoms with Crippen molar-refractivity contribution in [2.45, 2.75) is 75.5 Å². The Morgan fingerprint density at radius 3 is 2.11 bits per heavy atom. The van der Waals surface area contributed by atoms with Crippen LogP contribution in [0.1, 0.15) is 46.0 Å². The summed E-state index contributed by atoms with van der Waals surface area (Å²) in [6.07, 6.45) is -3.90. The lowest BCUT2D eigenvalue weighted by Gasteiger charge is -2.65. The third-order valence-corrected chi connectivity index (χ3v) is 7.43. The number of hydrogen-bond donors (Lipinski definition) is 0. The van der Waals surface area contributed by atoms with Crippen LogP contribution in [0.25, 0.3) is 0 Å². The minimum Gasteiger partial charge on any atom is -0.463 e. The second kappa shape index (κ2) is 8.82. The third-order valence-electron chi connectivity index (χ3n) is 7.43. The molecule has 198 valence electrons. The highest BCUT2D eigenvalue weighted by molar-refractivity contribution is 5.77. The minimum atomic E-state index is -5.16. The van der Waals surface area contributed by atoms with Crippen LogP contribution in [0.15, 0.2) is 0 Å². The highest BCUT2D eigenvalue weighted by Gasteiger charge is 2.67. The molecule has 0 amide bonds. The van der Waals surface area contributed by atoms with E-state index in [1.54, 1.807) is 0 Å². The molecule has 5 fully saturated rings. The van der Waals surface area contributed by atoms with E-state index in [1.165, 1.54) is 0 Å². The van der Waals surface area contributed by atoms with Crippen molar-refractivity contribution in [3.05, 3.63) is 0 Å². The Balaban J connectivity index is 1.50. The molecule has 4 aliphatic carbocycles. The van der Waals surface area contributed by atoms with Gasteiger partial charge in [-0.15, -0.1) is 0 Å². The van der Waals surface area contributed by atoms with Crippen LogP contribution in [0.3, 0.4) is 0 Å². The molecule has 4 saturated carbocycles. The minimum absolute atomic E-state index is 0.112. The summed E-state index contributed by atoms with van der Waals surface area (Å²) < 4.78 is 91.8. The van der Waals surface area contributed by atoms with Gasteiger partial charge in [-0.25, -0.2) is 9.59 Å². The highest BCUT2D eigenvalue weighted by Crippen LogP contribution is 2.64. The first-order valence-electron chi connectivity index (χ1n) is 11.4. The maximum absolute atomic E-state index is 13.5. The Kier molecular flexibility index (Phi) is 6.57. The van der Waals surface area contributed by atoms with Crippen LogP contribution in [-0.2, 0) is 38.1 Å². The predicted octanol–water partition coefficient (Wildman–Crippen LogP) is 3.16. The van der Waals surface area contributed by atoms with E-state index in [1.807, 2.05) is 0 Å². The lowest BCUT2D eigenvalue weighted by molar-refractivity contribution is -0.402. The molecule has 4 atom stereocenters. The van der Waals surface area contributed by atoms with Gasteiger partial charge in [0.25, 0.3) is 0 Å². The van der Waals surface area contributed by atoms with Crippen LogP contribution >= 0.6 is 0 Å². The Hall–Kier alpha value is -2.02. The molecule has 0 N–H and O–H groups in total. The van der Waals surface area contributed by atoms with Gasteiger partial charge in [0.1, 0.15) is 18.3 Å². The molecule has 0 aromatic carbocycles. The molecule has 5 aliphatic rings. The number of alkyl halides is 5. The fourth-order valence-corrected chi connectivity index (χ4v) is 6.20. The van der Waals surface area contributed by atoms with Gasteiger partial charge < -0.3 is 23.7 Å². The summed E-state index contributed by atoms with van der Waals surface area (Å²) in [4.78, 5) is 34.5. The van der Waals surface area contributed by atoms with Crippen molar-refractivity contribution < 1.29 is 60.0 Å². The van der Waals surface area contributed by atoms with Crippen molar-refractivity contribution in [2.24, 2.45) is 23.7 Å². The second-order valence-corrected chi connectivity index (χ2v) is 10.2. The SMILES string of the molecule is CC(=O)OCC1OC2(OCC1COC(=O)C(F)(F)F)C1CC3CC2CC(OC(=O)C(C)(F)F)(C3)C1. The number of rotatable bonds is 6. The fraction of sp³-hybridized carbons (Fsp3) is 0.864. The van der Waals surface area contributed by atoms with E-state index < -0.39 is 60.0 Å². The van der Waals surface area contributed by atoms with E-state index in [9.17, 15) is 36.3 Å². The summed E-state index contributed by atoms with van der Waals surface area (Å²) in [5, 5.41) is 0. The Morgan fingerprint density at radius 2 is 1.57 bits per heavy atom. The summed E-state index contributed by atoms with van der Waals surface area (Å²) in [6, 6.07) is 0. The van der Waals surface area contributed by atoms with E-state index in [-0.39, 0.29) is 43.8 Å². The predicted molar refractivity (Wildman–Crippen MR) is 104 cm³/mol. The molecule has 1 heterocycles. The number of esters is 3. The van der Waals surface area contributed by atoms with E-state index in [4.69, 9.17) is 18.9 Å². The molecule has 5 rings (SSSR count). The van der Waals surface area contributed by atoms with Crippen LogP contribution in [0.2, 0.25) is 0 Å². The molecule has 1 aliphatic heterocycles. The van der Waals surface area contributed by atoms with Gasteiger partial charge in [-0.1, -0.05) is 0 Å². The van der Waals surface area contributed by atoms with Crippen molar-refractivity contribution in [3.63, 3.8) is 0 Å². The fourth-order valence-electron chi connectivity index (χ4n) is 6.20. The maximum Gasteiger partial charge on any atom is 0.490 e. The molecule has 1 spiro atoms. The highest BCUT2D eigenvalue weighted by atomic mass is 19.4. The van der Waals surface area contributed by atoms with Gasteiger partial charge in [0.15, 0.2) is 5.79 Å². The van der Waals surface area contributed by atoms with Gasteiger partial charge in [-0.2, -0.15) is 22.0 Å². The molecular weight excluding hydrogens is 487 g/mol. The zero-order chi connectivity index (χ0) is 25.8. The van der Waals surface area contributed by atoms with Crippen LogP contribution < -0.4 is 0 Å². The lowest BCUT2D eigenvalue weighted by atomic mass is 9.51. The molecule has 13 heteroatoms. The molecule has 0 aromatic heterocycles. The first-order valence-corrected chi connectivity index (χ1v) is 11.4. The molecule has 0 aromatic rings. The van der Waals surface area contributed by atoms with E-state index in [0.29, 0.717) is 26.2 Å². The molecule has 35 heavy (non-hydrogen) atoms. The van der Waals surface area contributed by atoms with E-state index >= 15 is 0 Å². The number of carbonyl (C=O) groups excluding carboxylic acids is 3. The molecule has 8 nitrogen and oxygen atoms in total. The Labute approximate surface area is 197 Å². The zero-order valence-electron chi connectivity index (χ0n) is 19.2. The van der Waals surface area contributed by atoms with Crippen LogP contribution in [0, 0.1) is 23.7 Å². The molecule has 1 saturated heterocycles. The summed E-state index contributed by atoms with van der Waals surface area (Å²) in [5.74, 6) is -10.8. The van der Waals surface area contributed by atoms with E-state index in [0.717, 1.165) is 6.92 Å². The number of carbonyl (C=O) groups is 3. The van der Waals surface area contributed by atoms with Gasteiger partial charge in [-0.05, 0) is 38.0 Å². The van der Waals surface area contributed by atoms with Gasteiger partial charge in [0, 0.05) is 31.6 Å². The summed E-state index contributed by atoms with van der Waals surface area (Å²) in [5.41, 5.74) is -1.06. The number of halogens is 5. The average molecular weight is 514 g/mol. The summed E-state index contributed by atoms with van der Waals surface area (Å²) in [6.45, 7) is 0.564. The monoisotopic (exact) mass is 514 g/mol. The maximum atomic E-state index is 13.5. The summed E-state index contributed by atoms with van der Waals surface area (Å²) in [7, 11) is 0. The van der Waals surface area contributed by atoms with Crippen molar-refractivity contribution in [2.75, 3.05) is 19.8 Å². The normalized spacial score (nSPS) is 38.3. The smallest absolute Gasteiger partial charge is 0.463 e. The van der Waals surface area contributed by atoms with Gasteiger partial charge in [0.2, 0.25) is 0 Å². The topological polar surface area (TPSA) is 97.4 Å². The van der Waals surface area contributed by atoms with Gasteiger partial charge in [-0.3, -0.25) is 4.79 Å². The average Bonchev–Trinajstić information content (AvgIpc) is 2.72. The van der Waals surface area contributed by atoms with Crippen LogP contribution in [0.4, 0.5) is 22.0 Å². The first kappa shape index (κ1) is 26.1. The quantitative estimate of drug-likeness (QED) is 0.303. The Morgan fingerprint density at radius 1 is 0.943 bits per heavy atom. The number of hydrogen-bond acceptors (Lipinski definition) is 8. The standard InChI is InChI=1S/C22H27F5O8/c1-11(28)31-10-16-13(8-32-18(30)22(25,26)27)9-33-21(34-16)14-3-12-4-15(21)7-20(5-12,6-14)35-17(29)19(2,23)24/h12-16H,3-10H2,1-2H3. The molecule has 4 bridgehead atoms. The lowest BCUT2D eigenvalue weighted by Crippen LogP contribution is -2.69. The summed E-state index contributed by atoms with van der Waals surface area (Å²) >= 11 is 0. The van der Waals surface area contributed by atoms with Crippen molar-refractivity contribution >= 4 is 17.9 Å². The largest absolute Gasteiger partial charge is 0.490 e. The van der Waals surface area contributed by atoms with Crippen LogP contribution in [0.5, 0.6) is 0 Å². The van der Waals surface area contributed by atoms with Crippen molar-refractivity contribution in [1.82, 2.24) is 0 Å². The van der Waals surface area contributed by atoms with Gasteiger partial charge >= 0.3 is 30.0 Å². The zero-order valence-corrected chi connectivity index (χ0v) is 19.2. The number of ether oxygens (including phenoxy) is 5. The van der Waals surface area contributed by atoms with E-state index in [2.05, 4.69) is 4.74 Å². The van der Waals surface area contributed by atoms with Crippen molar-refractivity contribution in [3.8, 4) is 0 Å². The first-order chi connectivity index (χ1) is 16.1. The molecule has 0 radical (unpaired) electrons. The van der Waals surface area contributed by atoms with Crippen molar-refractivity contribution in [1.29, 1.82) is 0 Å². The molecular formula is C22H27F5O8. The second-order valence-electron chi connectivity index (χ2n) is 10.2. The third kappa shape index (κ3) is 5.11. The van der Waals surface area contributed by atoms with Gasteiger partial charge in [0.05, 0.1) is 13.2 Å². The van der Waals surface area contributed by atoms with Crippen LogP contribution in [-0.4, -0.2) is 67.3 Å².